The number of fused-ring (bicyclic) bond motifs is 16. The average molecular weight is 673 g/mol. The molecule has 0 aliphatic rings. The number of aromatic nitrogens is 3. The summed E-state index contributed by atoms with van der Waals surface area (Å²) in [5.74, 6) is 0. The van der Waals surface area contributed by atoms with Gasteiger partial charge in [-0.05, 0) is 70.1 Å². The molecule has 4 heteroatoms. The molecule has 0 bridgehead atoms. The Morgan fingerprint density at radius 3 is 1.77 bits per heavy atom. The second-order valence-electron chi connectivity index (χ2n) is 14.3. The predicted molar refractivity (Wildman–Crippen MR) is 223 cm³/mol. The van der Waals surface area contributed by atoms with Crippen molar-refractivity contribution in [2.45, 2.75) is 0 Å². The first kappa shape index (κ1) is 27.5. The van der Waals surface area contributed by atoms with E-state index in [1.165, 1.54) is 81.3 Å². The maximum absolute atomic E-state index is 5.72. The molecule has 8 aromatic carbocycles. The number of benzene rings is 8. The van der Waals surface area contributed by atoms with Crippen LogP contribution in [-0.2, 0) is 0 Å². The molecule has 0 aliphatic heterocycles. The second kappa shape index (κ2) is 9.78. The van der Waals surface area contributed by atoms with Crippen molar-refractivity contribution in [3.63, 3.8) is 0 Å². The van der Waals surface area contributed by atoms with Gasteiger partial charge in [0.1, 0.15) is 5.65 Å². The molecule has 0 saturated heterocycles. The van der Waals surface area contributed by atoms with E-state index in [-0.39, 0.29) is 0 Å². The minimum atomic E-state index is 1.01. The third-order valence-corrected chi connectivity index (χ3v) is 11.7. The highest BCUT2D eigenvalue weighted by atomic mass is 15.2. The Morgan fingerprint density at radius 2 is 1.00 bits per heavy atom. The van der Waals surface area contributed by atoms with E-state index in [0.717, 1.165) is 33.7 Å². The number of rotatable bonds is 3. The Balaban J connectivity index is 1.25. The van der Waals surface area contributed by atoms with Gasteiger partial charge >= 0.3 is 0 Å². The van der Waals surface area contributed by atoms with E-state index in [0.29, 0.717) is 0 Å². The van der Waals surface area contributed by atoms with Crippen LogP contribution in [0.5, 0.6) is 0 Å². The van der Waals surface area contributed by atoms with Crippen LogP contribution in [0.25, 0.3) is 98.0 Å². The third kappa shape index (κ3) is 3.39. The summed E-state index contributed by atoms with van der Waals surface area (Å²) in [6.07, 6.45) is 0. The molecule has 0 amide bonds. The maximum Gasteiger partial charge on any atom is 0.146 e. The van der Waals surface area contributed by atoms with Crippen LogP contribution in [0.4, 0.5) is 17.1 Å². The molecule has 0 unspecified atom stereocenters. The molecule has 244 valence electrons. The standard InChI is InChI=1S/C49H28N4/c1-3-15-31(16-4-1)51(32-17-5-2-6-18-32)41-24-12-23-37-44-34-20-10-8-14-30(34)27-39-45-42(52(47(37)41)48(39)44)28-38-35-21-11-22-36-43-33-19-9-7-13-29(33)25-26-40(43)53(46(35)36)49(38)50-45/h1-28H. The first-order valence-electron chi connectivity index (χ1n) is 18.2. The summed E-state index contributed by atoms with van der Waals surface area (Å²) in [5.41, 5.74) is 11.4. The molecule has 4 nitrogen and oxygen atoms in total. The SMILES string of the molecule is c1ccc(N(c2ccccc2)c2cccc3c4c5ccccc5cc5c6nc7c(cc6n(c23)c54)c2cccc3c4c5ccccc5ccc4n7c23)cc1. The van der Waals surface area contributed by atoms with Gasteiger partial charge in [-0.1, -0.05) is 121 Å². The zero-order valence-corrected chi connectivity index (χ0v) is 28.5. The van der Waals surface area contributed by atoms with Gasteiger partial charge in [0.25, 0.3) is 0 Å². The van der Waals surface area contributed by atoms with E-state index >= 15 is 0 Å². The van der Waals surface area contributed by atoms with Crippen LogP contribution in [0.15, 0.2) is 170 Å². The number of hydrogen-bond acceptors (Lipinski definition) is 2. The summed E-state index contributed by atoms with van der Waals surface area (Å²) in [6, 6.07) is 61.9. The summed E-state index contributed by atoms with van der Waals surface area (Å²) in [6.45, 7) is 0. The Hall–Kier alpha value is -7.17. The fourth-order valence-corrected chi connectivity index (χ4v) is 9.61. The molecule has 0 atom stereocenters. The first-order valence-corrected chi connectivity index (χ1v) is 18.2. The van der Waals surface area contributed by atoms with Crippen LogP contribution >= 0.6 is 0 Å². The minimum absolute atomic E-state index is 1.01. The molecule has 5 aromatic heterocycles. The van der Waals surface area contributed by atoms with Gasteiger partial charge in [-0.3, -0.25) is 4.40 Å². The lowest BCUT2D eigenvalue weighted by atomic mass is 10.0. The van der Waals surface area contributed by atoms with Gasteiger partial charge in [0.2, 0.25) is 0 Å². The summed E-state index contributed by atoms with van der Waals surface area (Å²) in [5, 5.41) is 13.7. The Morgan fingerprint density at radius 1 is 0.377 bits per heavy atom. The van der Waals surface area contributed by atoms with E-state index in [9.17, 15) is 0 Å². The third-order valence-electron chi connectivity index (χ3n) is 11.7. The van der Waals surface area contributed by atoms with Crippen molar-refractivity contribution in [2.24, 2.45) is 0 Å². The maximum atomic E-state index is 5.72. The van der Waals surface area contributed by atoms with Crippen molar-refractivity contribution in [2.75, 3.05) is 4.90 Å². The average Bonchev–Trinajstić information content (AvgIpc) is 3.94. The highest BCUT2D eigenvalue weighted by Gasteiger charge is 2.27. The molecule has 0 saturated carbocycles. The van der Waals surface area contributed by atoms with E-state index in [2.05, 4.69) is 184 Å². The van der Waals surface area contributed by atoms with Crippen LogP contribution in [0.2, 0.25) is 0 Å². The highest BCUT2D eigenvalue weighted by Crippen LogP contribution is 2.49. The number of anilines is 3. The van der Waals surface area contributed by atoms with Crippen molar-refractivity contribution in [1.29, 1.82) is 0 Å². The lowest BCUT2D eigenvalue weighted by Gasteiger charge is -2.26. The lowest BCUT2D eigenvalue weighted by Crippen LogP contribution is -2.10. The van der Waals surface area contributed by atoms with Crippen LogP contribution in [-0.4, -0.2) is 13.8 Å². The normalized spacial score (nSPS) is 12.5. The number of hydrogen-bond donors (Lipinski definition) is 0. The molecule has 5 heterocycles. The molecule has 13 rings (SSSR count). The zero-order valence-electron chi connectivity index (χ0n) is 28.5. The van der Waals surface area contributed by atoms with E-state index in [1.54, 1.807) is 0 Å². The fraction of sp³-hybridized carbons (Fsp3) is 0. The Kier molecular flexibility index (Phi) is 5.08. The Labute approximate surface area is 302 Å². The monoisotopic (exact) mass is 672 g/mol. The van der Waals surface area contributed by atoms with Crippen molar-refractivity contribution in [1.82, 2.24) is 13.8 Å². The predicted octanol–water partition coefficient (Wildman–Crippen LogP) is 13.2. The zero-order chi connectivity index (χ0) is 34.4. The fourth-order valence-electron chi connectivity index (χ4n) is 9.61. The molecule has 0 aliphatic carbocycles. The van der Waals surface area contributed by atoms with Gasteiger partial charge in [-0.15, -0.1) is 0 Å². The number of nitrogens with zero attached hydrogens (tertiary/aromatic N) is 4. The first-order chi connectivity index (χ1) is 26.3. The smallest absolute Gasteiger partial charge is 0.146 e. The van der Waals surface area contributed by atoms with Crippen LogP contribution in [0, 0.1) is 0 Å². The van der Waals surface area contributed by atoms with E-state index < -0.39 is 0 Å². The lowest BCUT2D eigenvalue weighted by molar-refractivity contribution is 1.27. The molecule has 0 radical (unpaired) electrons. The largest absolute Gasteiger partial charge is 0.308 e. The minimum Gasteiger partial charge on any atom is -0.308 e. The van der Waals surface area contributed by atoms with Crippen molar-refractivity contribution in [3.8, 4) is 0 Å². The molecule has 13 aromatic rings. The summed E-state index contributed by atoms with van der Waals surface area (Å²) in [4.78, 5) is 8.12. The summed E-state index contributed by atoms with van der Waals surface area (Å²) in [7, 11) is 0. The number of para-hydroxylation sites is 4. The molecule has 0 N–H and O–H groups in total. The topological polar surface area (TPSA) is 25.0 Å². The van der Waals surface area contributed by atoms with Crippen LogP contribution < -0.4 is 4.90 Å². The molecule has 53 heavy (non-hydrogen) atoms. The van der Waals surface area contributed by atoms with Gasteiger partial charge in [0.15, 0.2) is 0 Å². The van der Waals surface area contributed by atoms with Gasteiger partial charge in [-0.2, -0.15) is 0 Å². The Bertz CT molecular complexity index is 3580. The highest BCUT2D eigenvalue weighted by molar-refractivity contribution is 6.34. The molecular formula is C49H28N4. The number of pyridine rings is 1. The molecular weight excluding hydrogens is 645 g/mol. The van der Waals surface area contributed by atoms with Gasteiger partial charge in [-0.25, -0.2) is 4.98 Å². The summed E-state index contributed by atoms with van der Waals surface area (Å²) < 4.78 is 4.94. The van der Waals surface area contributed by atoms with Gasteiger partial charge in [0, 0.05) is 49.1 Å². The molecule has 0 spiro atoms. The van der Waals surface area contributed by atoms with Crippen molar-refractivity contribution in [3.05, 3.63) is 170 Å². The quantitative estimate of drug-likeness (QED) is 0.187. The van der Waals surface area contributed by atoms with E-state index in [4.69, 9.17) is 4.98 Å². The van der Waals surface area contributed by atoms with Crippen molar-refractivity contribution >= 4 is 115 Å². The summed E-state index contributed by atoms with van der Waals surface area (Å²) >= 11 is 0. The second-order valence-corrected chi connectivity index (χ2v) is 14.3. The van der Waals surface area contributed by atoms with Crippen LogP contribution in [0.1, 0.15) is 0 Å². The molecule has 0 fully saturated rings. The van der Waals surface area contributed by atoms with Gasteiger partial charge < -0.3 is 9.30 Å². The van der Waals surface area contributed by atoms with Gasteiger partial charge in [0.05, 0.1) is 38.8 Å². The van der Waals surface area contributed by atoms with Crippen LogP contribution in [0.3, 0.4) is 0 Å². The van der Waals surface area contributed by atoms with Crippen molar-refractivity contribution < 1.29 is 0 Å². The van der Waals surface area contributed by atoms with E-state index in [1.807, 2.05) is 0 Å².